The van der Waals surface area contributed by atoms with Gasteiger partial charge in [0.2, 0.25) is 10.0 Å². The number of methoxy groups -OCH3 is 2. The van der Waals surface area contributed by atoms with Crippen molar-refractivity contribution in [1.29, 1.82) is 0 Å². The Labute approximate surface area is 127 Å². The molecule has 2 rings (SSSR count). The zero-order chi connectivity index (χ0) is 16.5. The van der Waals surface area contributed by atoms with Gasteiger partial charge in [-0.2, -0.15) is 4.31 Å². The van der Waals surface area contributed by atoms with Crippen molar-refractivity contribution >= 4 is 16.0 Å². The number of nitrogens with zero attached hydrogens (tertiary/aromatic N) is 1. The summed E-state index contributed by atoms with van der Waals surface area (Å²) in [6.07, 6.45) is 0.606. The first-order chi connectivity index (χ1) is 10.3. The third-order valence-corrected chi connectivity index (χ3v) is 5.44. The summed E-state index contributed by atoms with van der Waals surface area (Å²) in [5.74, 6) is -2.17. The van der Waals surface area contributed by atoms with Crippen molar-refractivity contribution in [1.82, 2.24) is 4.31 Å². The van der Waals surface area contributed by atoms with Gasteiger partial charge in [0.1, 0.15) is 16.8 Å². The van der Waals surface area contributed by atoms with E-state index in [1.165, 1.54) is 14.2 Å². The Morgan fingerprint density at radius 3 is 2.45 bits per heavy atom. The molecule has 0 amide bonds. The minimum atomic E-state index is -4.28. The maximum atomic E-state index is 14.1. The Bertz CT molecular complexity index is 690. The fourth-order valence-electron chi connectivity index (χ4n) is 2.43. The number of benzene rings is 1. The fraction of sp³-hybridized carbons (Fsp3) is 0.462. The van der Waals surface area contributed by atoms with Crippen LogP contribution in [0.3, 0.4) is 0 Å². The van der Waals surface area contributed by atoms with E-state index in [4.69, 9.17) is 14.6 Å². The van der Waals surface area contributed by atoms with Crippen LogP contribution in [0.1, 0.15) is 12.8 Å². The maximum absolute atomic E-state index is 14.1. The predicted molar refractivity (Wildman–Crippen MR) is 74.1 cm³/mol. The van der Waals surface area contributed by atoms with Crippen molar-refractivity contribution in [3.05, 3.63) is 17.9 Å². The van der Waals surface area contributed by atoms with Gasteiger partial charge in [0.05, 0.1) is 14.2 Å². The summed E-state index contributed by atoms with van der Waals surface area (Å²) >= 11 is 0. The van der Waals surface area contributed by atoms with E-state index in [0.717, 1.165) is 16.4 Å². The molecule has 1 saturated heterocycles. The van der Waals surface area contributed by atoms with Crippen molar-refractivity contribution in [2.45, 2.75) is 23.8 Å². The Balaban J connectivity index is 2.52. The van der Waals surface area contributed by atoms with Crippen molar-refractivity contribution in [2.24, 2.45) is 0 Å². The second kappa shape index (κ2) is 6.09. The quantitative estimate of drug-likeness (QED) is 0.867. The third kappa shape index (κ3) is 2.73. The number of halogens is 1. The largest absolute Gasteiger partial charge is 0.493 e. The van der Waals surface area contributed by atoms with E-state index >= 15 is 0 Å². The van der Waals surface area contributed by atoms with Crippen LogP contribution in [0.25, 0.3) is 0 Å². The minimum absolute atomic E-state index is 0.0348. The molecular formula is C13H16FNO6S. The fourth-order valence-corrected chi connectivity index (χ4v) is 4.15. The Kier molecular flexibility index (Phi) is 4.57. The lowest BCUT2D eigenvalue weighted by Crippen LogP contribution is -2.40. The number of carbonyl (C=O) groups is 1. The molecule has 1 aromatic rings. The van der Waals surface area contributed by atoms with Crippen LogP contribution in [0.2, 0.25) is 0 Å². The van der Waals surface area contributed by atoms with Crippen molar-refractivity contribution < 1.29 is 32.2 Å². The molecule has 1 heterocycles. The molecule has 7 nitrogen and oxygen atoms in total. The first kappa shape index (κ1) is 16.5. The molecule has 1 atom stereocenters. The number of ether oxygens (including phenoxy) is 2. The van der Waals surface area contributed by atoms with Crippen molar-refractivity contribution in [3.63, 3.8) is 0 Å². The number of hydrogen-bond donors (Lipinski definition) is 1. The van der Waals surface area contributed by atoms with Crippen molar-refractivity contribution in [2.75, 3.05) is 20.8 Å². The van der Waals surface area contributed by atoms with Gasteiger partial charge in [-0.3, -0.25) is 4.79 Å². The summed E-state index contributed by atoms with van der Waals surface area (Å²) < 4.78 is 50.0. The molecule has 1 aliphatic heterocycles. The highest BCUT2D eigenvalue weighted by Crippen LogP contribution is 2.35. The van der Waals surface area contributed by atoms with E-state index in [1.54, 1.807) is 0 Å². The van der Waals surface area contributed by atoms with Crippen LogP contribution in [-0.4, -0.2) is 50.6 Å². The molecule has 0 radical (unpaired) electrons. The van der Waals surface area contributed by atoms with Crippen LogP contribution >= 0.6 is 0 Å². The monoisotopic (exact) mass is 333 g/mol. The summed E-state index contributed by atoms with van der Waals surface area (Å²) in [4.78, 5) is 10.5. The van der Waals surface area contributed by atoms with Gasteiger partial charge in [-0.1, -0.05) is 0 Å². The third-order valence-electron chi connectivity index (χ3n) is 3.51. The second-order valence-corrected chi connectivity index (χ2v) is 6.61. The van der Waals surface area contributed by atoms with E-state index in [1.807, 2.05) is 0 Å². The van der Waals surface area contributed by atoms with Gasteiger partial charge in [0.25, 0.3) is 0 Å². The molecule has 0 unspecified atom stereocenters. The summed E-state index contributed by atoms with van der Waals surface area (Å²) in [6.45, 7) is 0.0348. The molecule has 122 valence electrons. The average Bonchev–Trinajstić information content (AvgIpc) is 2.97. The number of hydrogen-bond acceptors (Lipinski definition) is 5. The zero-order valence-corrected chi connectivity index (χ0v) is 12.9. The molecule has 22 heavy (non-hydrogen) atoms. The standard InChI is InChI=1S/C13H16FNO6S/c1-20-10-6-8(14)12(7-11(10)21-2)22(18,19)15-5-3-4-9(15)13(16)17/h6-7,9H,3-5H2,1-2H3,(H,16,17)/t9-/m0/s1. The molecule has 0 aliphatic carbocycles. The highest BCUT2D eigenvalue weighted by Gasteiger charge is 2.41. The van der Waals surface area contributed by atoms with E-state index in [0.29, 0.717) is 6.42 Å². The second-order valence-electron chi connectivity index (χ2n) is 4.75. The molecule has 1 N–H and O–H groups in total. The van der Waals surface area contributed by atoms with Crippen LogP contribution < -0.4 is 9.47 Å². The van der Waals surface area contributed by atoms with Crippen LogP contribution in [0.4, 0.5) is 4.39 Å². The summed E-state index contributed by atoms with van der Waals surface area (Å²) in [5, 5.41) is 9.10. The molecule has 0 saturated carbocycles. The lowest BCUT2D eigenvalue weighted by Gasteiger charge is -2.21. The van der Waals surface area contributed by atoms with Gasteiger partial charge in [0.15, 0.2) is 11.5 Å². The molecule has 1 aromatic carbocycles. The number of carboxylic acid groups (broad SMARTS) is 1. The van der Waals surface area contributed by atoms with Gasteiger partial charge >= 0.3 is 5.97 Å². The molecule has 0 aromatic heterocycles. The van der Waals surface area contributed by atoms with Gasteiger partial charge < -0.3 is 14.6 Å². The SMILES string of the molecule is COc1cc(F)c(S(=O)(=O)N2CCC[C@H]2C(=O)O)cc1OC. The lowest BCUT2D eigenvalue weighted by atomic mass is 10.2. The molecule has 0 spiro atoms. The van der Waals surface area contributed by atoms with Gasteiger partial charge in [-0.25, -0.2) is 12.8 Å². The van der Waals surface area contributed by atoms with Crippen LogP contribution in [0.5, 0.6) is 11.5 Å². The number of carboxylic acids is 1. The molecular weight excluding hydrogens is 317 g/mol. The Morgan fingerprint density at radius 1 is 1.32 bits per heavy atom. The number of aliphatic carboxylic acids is 1. The normalized spacial score (nSPS) is 19.1. The summed E-state index contributed by atoms with van der Waals surface area (Å²) in [7, 11) is -1.69. The topological polar surface area (TPSA) is 93.1 Å². The predicted octanol–water partition coefficient (Wildman–Crippen LogP) is 1.08. The first-order valence-corrected chi connectivity index (χ1v) is 7.93. The highest BCUT2D eigenvalue weighted by molar-refractivity contribution is 7.89. The zero-order valence-electron chi connectivity index (χ0n) is 12.1. The van der Waals surface area contributed by atoms with Gasteiger partial charge in [0, 0.05) is 18.7 Å². The summed E-state index contributed by atoms with van der Waals surface area (Å²) in [6, 6.07) is 0.718. The van der Waals surface area contributed by atoms with Gasteiger partial charge in [-0.05, 0) is 12.8 Å². The lowest BCUT2D eigenvalue weighted by molar-refractivity contribution is -0.140. The Hall–Kier alpha value is -1.87. The van der Waals surface area contributed by atoms with E-state index in [9.17, 15) is 17.6 Å². The minimum Gasteiger partial charge on any atom is -0.493 e. The van der Waals surface area contributed by atoms with E-state index < -0.39 is 32.7 Å². The van der Waals surface area contributed by atoms with Crippen molar-refractivity contribution in [3.8, 4) is 11.5 Å². The maximum Gasteiger partial charge on any atom is 0.322 e. The first-order valence-electron chi connectivity index (χ1n) is 6.49. The number of sulfonamides is 1. The molecule has 1 aliphatic rings. The van der Waals surface area contributed by atoms with E-state index in [-0.39, 0.29) is 24.5 Å². The van der Waals surface area contributed by atoms with Crippen LogP contribution in [0, 0.1) is 5.82 Å². The van der Waals surface area contributed by atoms with Gasteiger partial charge in [-0.15, -0.1) is 0 Å². The number of rotatable bonds is 5. The molecule has 1 fully saturated rings. The highest BCUT2D eigenvalue weighted by atomic mass is 32.2. The smallest absolute Gasteiger partial charge is 0.322 e. The Morgan fingerprint density at radius 2 is 1.91 bits per heavy atom. The summed E-state index contributed by atoms with van der Waals surface area (Å²) in [5.41, 5.74) is 0. The van der Waals surface area contributed by atoms with Crippen LogP contribution in [-0.2, 0) is 14.8 Å². The van der Waals surface area contributed by atoms with Crippen LogP contribution in [0.15, 0.2) is 17.0 Å². The molecule has 0 bridgehead atoms. The molecule has 9 heteroatoms. The average molecular weight is 333 g/mol. The van der Waals surface area contributed by atoms with E-state index in [2.05, 4.69) is 0 Å².